The van der Waals surface area contributed by atoms with Gasteiger partial charge in [0, 0.05) is 25.6 Å². The van der Waals surface area contributed by atoms with Crippen LogP contribution in [0.25, 0.3) is 11.1 Å². The Morgan fingerprint density at radius 2 is 1.68 bits per heavy atom. The van der Waals surface area contributed by atoms with Crippen molar-refractivity contribution in [2.75, 3.05) is 21.3 Å². The SMILES string of the molecule is CCC(=O)N[C@H]1CC[C@@H](N(C)C(=O)Oc2ccc(-c3ccc(OC)c(OC)c3)cc2)C1. The van der Waals surface area contributed by atoms with Crippen molar-refractivity contribution in [2.24, 2.45) is 0 Å². The molecule has 2 amide bonds. The quantitative estimate of drug-likeness (QED) is 0.716. The van der Waals surface area contributed by atoms with Crippen LogP contribution in [0.15, 0.2) is 42.5 Å². The van der Waals surface area contributed by atoms with Crippen LogP contribution in [-0.2, 0) is 4.79 Å². The first-order chi connectivity index (χ1) is 14.9. The molecule has 0 saturated heterocycles. The summed E-state index contributed by atoms with van der Waals surface area (Å²) < 4.78 is 16.2. The minimum absolute atomic E-state index is 0.0467. The largest absolute Gasteiger partial charge is 0.493 e. The molecule has 7 nitrogen and oxygen atoms in total. The third-order valence-electron chi connectivity index (χ3n) is 5.70. The molecule has 0 aliphatic heterocycles. The number of rotatable bonds is 7. The van der Waals surface area contributed by atoms with Crippen LogP contribution < -0.4 is 19.5 Å². The Morgan fingerprint density at radius 1 is 1.00 bits per heavy atom. The van der Waals surface area contributed by atoms with Gasteiger partial charge in [-0.05, 0) is 54.7 Å². The van der Waals surface area contributed by atoms with E-state index in [4.69, 9.17) is 14.2 Å². The van der Waals surface area contributed by atoms with E-state index >= 15 is 0 Å². The average molecular weight is 427 g/mol. The zero-order valence-corrected chi connectivity index (χ0v) is 18.5. The molecule has 0 spiro atoms. The highest BCUT2D eigenvalue weighted by Gasteiger charge is 2.31. The third kappa shape index (κ3) is 5.48. The van der Waals surface area contributed by atoms with Gasteiger partial charge in [-0.2, -0.15) is 0 Å². The van der Waals surface area contributed by atoms with Crippen LogP contribution >= 0.6 is 0 Å². The van der Waals surface area contributed by atoms with Gasteiger partial charge in [0.05, 0.1) is 14.2 Å². The molecule has 0 unspecified atom stereocenters. The van der Waals surface area contributed by atoms with Crippen molar-refractivity contribution in [2.45, 2.75) is 44.7 Å². The van der Waals surface area contributed by atoms with Gasteiger partial charge >= 0.3 is 6.09 Å². The number of amides is 2. The minimum atomic E-state index is -0.397. The molecule has 0 bridgehead atoms. The lowest BCUT2D eigenvalue weighted by Crippen LogP contribution is -2.39. The second-order valence-electron chi connectivity index (χ2n) is 7.66. The minimum Gasteiger partial charge on any atom is -0.493 e. The Hall–Kier alpha value is -3.22. The van der Waals surface area contributed by atoms with Gasteiger partial charge in [-0.1, -0.05) is 25.1 Å². The molecule has 7 heteroatoms. The maximum Gasteiger partial charge on any atom is 0.415 e. The van der Waals surface area contributed by atoms with E-state index in [1.54, 1.807) is 38.3 Å². The number of hydrogen-bond acceptors (Lipinski definition) is 5. The molecule has 1 aliphatic carbocycles. The van der Waals surface area contributed by atoms with Gasteiger partial charge in [-0.3, -0.25) is 4.79 Å². The van der Waals surface area contributed by atoms with Gasteiger partial charge in [0.25, 0.3) is 0 Å². The monoisotopic (exact) mass is 426 g/mol. The summed E-state index contributed by atoms with van der Waals surface area (Å²) >= 11 is 0. The van der Waals surface area contributed by atoms with Crippen LogP contribution in [0.2, 0.25) is 0 Å². The highest BCUT2D eigenvalue weighted by atomic mass is 16.6. The Morgan fingerprint density at radius 3 is 2.32 bits per heavy atom. The zero-order chi connectivity index (χ0) is 22.4. The summed E-state index contributed by atoms with van der Waals surface area (Å²) in [6.07, 6.45) is 2.53. The summed E-state index contributed by atoms with van der Waals surface area (Å²) in [5, 5.41) is 3.00. The number of ether oxygens (including phenoxy) is 3. The second-order valence-corrected chi connectivity index (χ2v) is 7.66. The van der Waals surface area contributed by atoms with Crippen LogP contribution in [0.4, 0.5) is 4.79 Å². The average Bonchev–Trinajstić information content (AvgIpc) is 3.26. The normalized spacial score (nSPS) is 17.7. The fraction of sp³-hybridized carbons (Fsp3) is 0.417. The molecule has 2 aromatic carbocycles. The highest BCUT2D eigenvalue weighted by molar-refractivity contribution is 5.76. The Bertz CT molecular complexity index is 913. The molecule has 1 fully saturated rings. The van der Waals surface area contributed by atoms with Crippen molar-refractivity contribution in [3.63, 3.8) is 0 Å². The molecule has 0 aromatic heterocycles. The van der Waals surface area contributed by atoms with Crippen LogP contribution in [0.5, 0.6) is 17.2 Å². The lowest BCUT2D eigenvalue weighted by molar-refractivity contribution is -0.121. The molecule has 1 N–H and O–H groups in total. The smallest absolute Gasteiger partial charge is 0.415 e. The lowest BCUT2D eigenvalue weighted by atomic mass is 10.1. The Labute approximate surface area is 183 Å². The first-order valence-electron chi connectivity index (χ1n) is 10.5. The summed E-state index contributed by atoms with van der Waals surface area (Å²) in [6, 6.07) is 13.2. The predicted octanol–water partition coefficient (Wildman–Crippen LogP) is 4.25. The maximum absolute atomic E-state index is 12.6. The van der Waals surface area contributed by atoms with Crippen molar-refractivity contribution in [3.8, 4) is 28.4 Å². The predicted molar refractivity (Wildman–Crippen MR) is 119 cm³/mol. The van der Waals surface area contributed by atoms with Gasteiger partial charge in [0.2, 0.25) is 5.91 Å². The van der Waals surface area contributed by atoms with Crippen molar-refractivity contribution in [1.29, 1.82) is 0 Å². The van der Waals surface area contributed by atoms with E-state index in [9.17, 15) is 9.59 Å². The van der Waals surface area contributed by atoms with E-state index in [1.807, 2.05) is 37.3 Å². The van der Waals surface area contributed by atoms with E-state index < -0.39 is 6.09 Å². The molecular formula is C24H30N2O5. The van der Waals surface area contributed by atoms with E-state index in [0.717, 1.165) is 30.4 Å². The van der Waals surface area contributed by atoms with Gasteiger partial charge in [-0.15, -0.1) is 0 Å². The summed E-state index contributed by atoms with van der Waals surface area (Å²) in [6.45, 7) is 1.83. The van der Waals surface area contributed by atoms with Crippen LogP contribution in [-0.4, -0.2) is 50.3 Å². The molecule has 31 heavy (non-hydrogen) atoms. The fourth-order valence-corrected chi connectivity index (χ4v) is 3.82. The van der Waals surface area contributed by atoms with E-state index in [1.165, 1.54) is 0 Å². The van der Waals surface area contributed by atoms with Crippen LogP contribution in [0.1, 0.15) is 32.6 Å². The molecule has 0 heterocycles. The number of hydrogen-bond donors (Lipinski definition) is 1. The third-order valence-corrected chi connectivity index (χ3v) is 5.70. The number of methoxy groups -OCH3 is 2. The first kappa shape index (κ1) is 22.5. The Balaban J connectivity index is 1.59. The van der Waals surface area contributed by atoms with Crippen LogP contribution in [0, 0.1) is 0 Å². The summed E-state index contributed by atoms with van der Waals surface area (Å²) in [5.41, 5.74) is 1.94. The number of nitrogens with zero attached hydrogens (tertiary/aromatic N) is 1. The molecule has 3 rings (SSSR count). The van der Waals surface area contributed by atoms with Gasteiger partial charge in [-0.25, -0.2) is 4.79 Å². The number of carbonyl (C=O) groups is 2. The second kappa shape index (κ2) is 10.2. The van der Waals surface area contributed by atoms with Gasteiger partial charge < -0.3 is 24.4 Å². The Kier molecular flexibility index (Phi) is 7.39. The van der Waals surface area contributed by atoms with Gasteiger partial charge in [0.1, 0.15) is 5.75 Å². The number of nitrogens with one attached hydrogen (secondary N) is 1. The number of benzene rings is 2. The van der Waals surface area contributed by atoms with Crippen LogP contribution in [0.3, 0.4) is 0 Å². The maximum atomic E-state index is 12.6. The molecule has 1 saturated carbocycles. The summed E-state index contributed by atoms with van der Waals surface area (Å²) in [4.78, 5) is 25.8. The standard InChI is InChI=1S/C24H30N2O5/c1-5-23(27)25-18-9-10-19(15-18)26(2)24(28)31-20-11-6-16(7-12-20)17-8-13-21(29-3)22(14-17)30-4/h6-8,11-14,18-19H,5,9-10,15H2,1-4H3,(H,25,27)/t18-,19+/m0/s1. The molecular weight excluding hydrogens is 396 g/mol. The molecule has 1 aliphatic rings. The van der Waals surface area contributed by atoms with Gasteiger partial charge in [0.15, 0.2) is 11.5 Å². The first-order valence-corrected chi connectivity index (χ1v) is 10.5. The molecule has 2 atom stereocenters. The van der Waals surface area contributed by atoms with E-state index in [-0.39, 0.29) is 18.0 Å². The fourth-order valence-electron chi connectivity index (χ4n) is 3.82. The molecule has 2 aromatic rings. The topological polar surface area (TPSA) is 77.1 Å². The van der Waals surface area contributed by atoms with Crippen molar-refractivity contribution >= 4 is 12.0 Å². The van der Waals surface area contributed by atoms with E-state index in [0.29, 0.717) is 23.7 Å². The molecule has 0 radical (unpaired) electrons. The summed E-state index contributed by atoms with van der Waals surface area (Å²) in [5.74, 6) is 1.85. The summed E-state index contributed by atoms with van der Waals surface area (Å²) in [7, 11) is 4.95. The number of carbonyl (C=O) groups excluding carboxylic acids is 2. The van der Waals surface area contributed by atoms with Crippen molar-refractivity contribution in [3.05, 3.63) is 42.5 Å². The lowest BCUT2D eigenvalue weighted by Gasteiger charge is -2.24. The molecule has 166 valence electrons. The highest BCUT2D eigenvalue weighted by Crippen LogP contribution is 2.33. The van der Waals surface area contributed by atoms with Crippen molar-refractivity contribution < 1.29 is 23.8 Å². The van der Waals surface area contributed by atoms with E-state index in [2.05, 4.69) is 5.32 Å². The zero-order valence-electron chi connectivity index (χ0n) is 18.5. The van der Waals surface area contributed by atoms with Crippen molar-refractivity contribution in [1.82, 2.24) is 10.2 Å².